The third kappa shape index (κ3) is 2.61. The van der Waals surface area contributed by atoms with Crippen LogP contribution in [0.15, 0.2) is 0 Å². The van der Waals surface area contributed by atoms with Crippen LogP contribution in [-0.2, 0) is 4.74 Å². The van der Waals surface area contributed by atoms with Crippen molar-refractivity contribution in [3.8, 4) is 0 Å². The molecule has 1 heterocycles. The maximum absolute atomic E-state index is 11.3. The van der Waals surface area contributed by atoms with E-state index >= 15 is 0 Å². The van der Waals surface area contributed by atoms with Crippen LogP contribution in [0.5, 0.6) is 0 Å². The predicted molar refractivity (Wildman–Crippen MR) is 55.1 cm³/mol. The van der Waals surface area contributed by atoms with Crippen molar-refractivity contribution < 1.29 is 9.53 Å². The SMILES string of the molecule is COC(=O)N1CCCN(C(C)(C)C)C1. The molecule has 1 saturated heterocycles. The molecule has 14 heavy (non-hydrogen) atoms. The lowest BCUT2D eigenvalue weighted by molar-refractivity contribution is 0.0200. The Labute approximate surface area is 85.8 Å². The molecule has 0 saturated carbocycles. The van der Waals surface area contributed by atoms with Crippen molar-refractivity contribution in [1.29, 1.82) is 0 Å². The van der Waals surface area contributed by atoms with Crippen LogP contribution in [0.3, 0.4) is 0 Å². The minimum atomic E-state index is -0.223. The molecule has 1 rings (SSSR count). The van der Waals surface area contributed by atoms with Gasteiger partial charge >= 0.3 is 6.09 Å². The Kier molecular flexibility index (Phi) is 3.37. The highest BCUT2D eigenvalue weighted by Gasteiger charge is 2.28. The van der Waals surface area contributed by atoms with Gasteiger partial charge in [-0.1, -0.05) is 0 Å². The monoisotopic (exact) mass is 200 g/mol. The zero-order valence-corrected chi connectivity index (χ0v) is 9.54. The van der Waals surface area contributed by atoms with Gasteiger partial charge in [-0.05, 0) is 27.2 Å². The molecule has 0 aromatic carbocycles. The number of amides is 1. The summed E-state index contributed by atoms with van der Waals surface area (Å²) in [5.41, 5.74) is 0.118. The van der Waals surface area contributed by atoms with E-state index in [0.29, 0.717) is 6.67 Å². The molecular formula is C10H20N2O2. The van der Waals surface area contributed by atoms with Crippen molar-refractivity contribution in [1.82, 2.24) is 9.80 Å². The molecule has 4 nitrogen and oxygen atoms in total. The van der Waals surface area contributed by atoms with Gasteiger partial charge in [0.1, 0.15) is 0 Å². The first kappa shape index (κ1) is 11.3. The van der Waals surface area contributed by atoms with Gasteiger partial charge in [0, 0.05) is 18.6 Å². The number of ether oxygens (including phenoxy) is 1. The average molecular weight is 200 g/mol. The lowest BCUT2D eigenvalue weighted by Gasteiger charge is -2.42. The summed E-state index contributed by atoms with van der Waals surface area (Å²) < 4.78 is 4.71. The Morgan fingerprint density at radius 1 is 1.29 bits per heavy atom. The lowest BCUT2D eigenvalue weighted by Crippen LogP contribution is -2.54. The zero-order valence-electron chi connectivity index (χ0n) is 9.54. The Hall–Kier alpha value is -0.770. The lowest BCUT2D eigenvalue weighted by atomic mass is 10.1. The smallest absolute Gasteiger partial charge is 0.410 e. The summed E-state index contributed by atoms with van der Waals surface area (Å²) >= 11 is 0. The summed E-state index contributed by atoms with van der Waals surface area (Å²) in [7, 11) is 1.43. The van der Waals surface area contributed by atoms with Gasteiger partial charge in [0.25, 0.3) is 0 Å². The van der Waals surface area contributed by atoms with Gasteiger partial charge in [-0.15, -0.1) is 0 Å². The largest absolute Gasteiger partial charge is 0.453 e. The van der Waals surface area contributed by atoms with Crippen LogP contribution in [0.4, 0.5) is 4.79 Å². The van der Waals surface area contributed by atoms with Crippen molar-refractivity contribution in [3.63, 3.8) is 0 Å². The number of carbonyl (C=O) groups is 1. The molecule has 82 valence electrons. The summed E-state index contributed by atoms with van der Waals surface area (Å²) in [6.45, 7) is 9.02. The molecule has 0 N–H and O–H groups in total. The van der Waals surface area contributed by atoms with Gasteiger partial charge in [-0.25, -0.2) is 4.79 Å². The van der Waals surface area contributed by atoms with Gasteiger partial charge in [0.15, 0.2) is 0 Å². The van der Waals surface area contributed by atoms with Crippen LogP contribution in [-0.4, -0.2) is 48.3 Å². The number of hydrogen-bond donors (Lipinski definition) is 0. The first-order valence-electron chi connectivity index (χ1n) is 5.03. The molecule has 0 aromatic rings. The molecule has 1 aliphatic rings. The summed E-state index contributed by atoms with van der Waals surface area (Å²) in [5.74, 6) is 0. The summed E-state index contributed by atoms with van der Waals surface area (Å²) in [6, 6.07) is 0. The predicted octanol–water partition coefficient (Wildman–Crippen LogP) is 1.52. The van der Waals surface area contributed by atoms with Gasteiger partial charge in [-0.2, -0.15) is 0 Å². The van der Waals surface area contributed by atoms with E-state index < -0.39 is 0 Å². The van der Waals surface area contributed by atoms with Crippen LogP contribution >= 0.6 is 0 Å². The van der Waals surface area contributed by atoms with Crippen LogP contribution in [0, 0.1) is 0 Å². The van der Waals surface area contributed by atoms with E-state index in [1.165, 1.54) is 7.11 Å². The minimum absolute atomic E-state index is 0.118. The van der Waals surface area contributed by atoms with Crippen LogP contribution < -0.4 is 0 Å². The van der Waals surface area contributed by atoms with Gasteiger partial charge in [0.2, 0.25) is 0 Å². The second-order valence-corrected chi connectivity index (χ2v) is 4.66. The minimum Gasteiger partial charge on any atom is -0.453 e. The molecule has 0 unspecified atom stereocenters. The van der Waals surface area contributed by atoms with Crippen LogP contribution in [0.1, 0.15) is 27.2 Å². The van der Waals surface area contributed by atoms with Crippen molar-refractivity contribution >= 4 is 6.09 Å². The third-order valence-corrected chi connectivity index (χ3v) is 2.58. The van der Waals surface area contributed by atoms with Crippen molar-refractivity contribution in [3.05, 3.63) is 0 Å². The zero-order chi connectivity index (χ0) is 10.8. The second kappa shape index (κ2) is 4.17. The summed E-state index contributed by atoms with van der Waals surface area (Å²) in [5, 5.41) is 0. The second-order valence-electron chi connectivity index (χ2n) is 4.66. The fraction of sp³-hybridized carbons (Fsp3) is 0.900. The molecule has 1 aliphatic heterocycles. The molecule has 0 aliphatic carbocycles. The highest BCUT2D eigenvalue weighted by Crippen LogP contribution is 2.18. The van der Waals surface area contributed by atoms with Gasteiger partial charge in [0.05, 0.1) is 13.8 Å². The Balaban J connectivity index is 2.56. The number of hydrogen-bond acceptors (Lipinski definition) is 3. The van der Waals surface area contributed by atoms with Crippen molar-refractivity contribution in [2.24, 2.45) is 0 Å². The molecule has 0 atom stereocenters. The summed E-state index contributed by atoms with van der Waals surface area (Å²) in [4.78, 5) is 15.3. The molecular weight excluding hydrogens is 180 g/mol. The maximum Gasteiger partial charge on any atom is 0.410 e. The number of methoxy groups -OCH3 is 1. The quantitative estimate of drug-likeness (QED) is 0.594. The van der Waals surface area contributed by atoms with Crippen LogP contribution in [0.25, 0.3) is 0 Å². The van der Waals surface area contributed by atoms with Crippen molar-refractivity contribution in [2.75, 3.05) is 26.9 Å². The highest BCUT2D eigenvalue weighted by molar-refractivity contribution is 5.67. The molecule has 0 bridgehead atoms. The van der Waals surface area contributed by atoms with E-state index in [9.17, 15) is 4.79 Å². The fourth-order valence-corrected chi connectivity index (χ4v) is 1.63. The van der Waals surface area contributed by atoms with E-state index in [-0.39, 0.29) is 11.6 Å². The summed E-state index contributed by atoms with van der Waals surface area (Å²) in [6.07, 6.45) is 0.797. The first-order valence-corrected chi connectivity index (χ1v) is 5.03. The number of rotatable bonds is 0. The van der Waals surface area contributed by atoms with E-state index in [2.05, 4.69) is 25.7 Å². The average Bonchev–Trinajstić information content (AvgIpc) is 2.15. The van der Waals surface area contributed by atoms with Crippen LogP contribution in [0.2, 0.25) is 0 Å². The molecule has 4 heteroatoms. The first-order chi connectivity index (χ1) is 6.45. The Bertz CT molecular complexity index is 211. The maximum atomic E-state index is 11.3. The van der Waals surface area contributed by atoms with E-state index in [1.807, 2.05) is 0 Å². The molecule has 0 spiro atoms. The third-order valence-electron chi connectivity index (χ3n) is 2.58. The highest BCUT2D eigenvalue weighted by atomic mass is 16.5. The van der Waals surface area contributed by atoms with E-state index in [0.717, 1.165) is 19.5 Å². The Morgan fingerprint density at radius 2 is 1.93 bits per heavy atom. The van der Waals surface area contributed by atoms with E-state index in [4.69, 9.17) is 4.74 Å². The standard InChI is InChI=1S/C10H20N2O2/c1-10(2,3)12-7-5-6-11(8-12)9(13)14-4/h5-8H2,1-4H3. The molecule has 1 amide bonds. The Morgan fingerprint density at radius 3 is 2.43 bits per heavy atom. The topological polar surface area (TPSA) is 32.8 Å². The molecule has 0 aromatic heterocycles. The van der Waals surface area contributed by atoms with Crippen molar-refractivity contribution in [2.45, 2.75) is 32.7 Å². The normalized spacial score (nSPS) is 19.6. The number of nitrogens with zero attached hydrogens (tertiary/aromatic N) is 2. The van der Waals surface area contributed by atoms with Gasteiger partial charge < -0.3 is 4.74 Å². The fourth-order valence-electron chi connectivity index (χ4n) is 1.63. The van der Waals surface area contributed by atoms with E-state index in [1.54, 1.807) is 4.90 Å². The molecule has 1 fully saturated rings. The van der Waals surface area contributed by atoms with Gasteiger partial charge in [-0.3, -0.25) is 9.80 Å². The molecule has 0 radical (unpaired) electrons. The number of carbonyl (C=O) groups excluding carboxylic acids is 1.